The summed E-state index contributed by atoms with van der Waals surface area (Å²) < 4.78 is 0. The first kappa shape index (κ1) is 18.4. The van der Waals surface area contributed by atoms with Gasteiger partial charge in [-0.1, -0.05) is 13.8 Å². The van der Waals surface area contributed by atoms with Crippen LogP contribution in [0.15, 0.2) is 23.5 Å². The number of aromatic nitrogens is 2. The van der Waals surface area contributed by atoms with Crippen LogP contribution in [0, 0.1) is 0 Å². The molecular formula is C17H31N7. The van der Waals surface area contributed by atoms with Crippen LogP contribution in [0.5, 0.6) is 0 Å². The highest BCUT2D eigenvalue weighted by atomic mass is 15.4. The molecule has 0 aliphatic carbocycles. The van der Waals surface area contributed by atoms with E-state index in [9.17, 15) is 0 Å². The summed E-state index contributed by atoms with van der Waals surface area (Å²) >= 11 is 0. The fourth-order valence-electron chi connectivity index (χ4n) is 2.98. The average molecular weight is 333 g/mol. The number of hydrogen-bond acceptors (Lipinski definition) is 5. The van der Waals surface area contributed by atoms with Crippen molar-refractivity contribution in [2.24, 2.45) is 4.99 Å². The van der Waals surface area contributed by atoms with Crippen LogP contribution in [0.2, 0.25) is 0 Å². The smallest absolute Gasteiger partial charge is 0.225 e. The Morgan fingerprint density at radius 3 is 2.46 bits per heavy atom. The highest BCUT2D eigenvalue weighted by molar-refractivity contribution is 5.80. The maximum atomic E-state index is 4.44. The second-order valence-corrected chi connectivity index (χ2v) is 5.93. The molecule has 0 amide bonds. The highest BCUT2D eigenvalue weighted by Crippen LogP contribution is 2.09. The van der Waals surface area contributed by atoms with Gasteiger partial charge in [-0.3, -0.25) is 4.99 Å². The largest absolute Gasteiger partial charge is 0.355 e. The lowest BCUT2D eigenvalue weighted by Crippen LogP contribution is -2.53. The summed E-state index contributed by atoms with van der Waals surface area (Å²) in [6, 6.07) is 1.85. The average Bonchev–Trinajstić information content (AvgIpc) is 2.65. The van der Waals surface area contributed by atoms with Gasteiger partial charge in [0, 0.05) is 58.7 Å². The highest BCUT2D eigenvalue weighted by Gasteiger charge is 2.20. The van der Waals surface area contributed by atoms with Gasteiger partial charge in [0.2, 0.25) is 5.95 Å². The molecule has 134 valence electrons. The lowest BCUT2D eigenvalue weighted by molar-refractivity contribution is 0.289. The Labute approximate surface area is 145 Å². The number of aliphatic imine (C=N–C) groups is 1. The Morgan fingerprint density at radius 2 is 1.88 bits per heavy atom. The zero-order chi connectivity index (χ0) is 17.2. The minimum absolute atomic E-state index is 0.818. The van der Waals surface area contributed by atoms with E-state index in [1.165, 1.54) is 6.42 Å². The van der Waals surface area contributed by atoms with E-state index in [1.54, 1.807) is 12.4 Å². The fourth-order valence-corrected chi connectivity index (χ4v) is 2.98. The van der Waals surface area contributed by atoms with Crippen molar-refractivity contribution in [3.05, 3.63) is 18.5 Å². The maximum Gasteiger partial charge on any atom is 0.225 e. The monoisotopic (exact) mass is 333 g/mol. The molecule has 0 bridgehead atoms. The molecule has 1 aliphatic rings. The molecule has 2 heterocycles. The predicted molar refractivity (Wildman–Crippen MR) is 99.6 cm³/mol. The first-order chi connectivity index (χ1) is 11.8. The lowest BCUT2D eigenvalue weighted by Gasteiger charge is -2.36. The van der Waals surface area contributed by atoms with E-state index in [1.807, 2.05) is 13.1 Å². The molecule has 0 radical (unpaired) electrons. The minimum Gasteiger partial charge on any atom is -0.355 e. The molecule has 1 fully saturated rings. The topological polar surface area (TPSA) is 59.9 Å². The number of anilines is 1. The van der Waals surface area contributed by atoms with Gasteiger partial charge < -0.3 is 20.0 Å². The van der Waals surface area contributed by atoms with Crippen molar-refractivity contribution in [2.75, 3.05) is 64.3 Å². The molecule has 0 atom stereocenters. The summed E-state index contributed by atoms with van der Waals surface area (Å²) in [5, 5.41) is 3.50. The molecule has 1 aromatic heterocycles. The van der Waals surface area contributed by atoms with Crippen LogP contribution in [-0.4, -0.2) is 85.1 Å². The molecule has 1 aliphatic heterocycles. The quantitative estimate of drug-likeness (QED) is 0.591. The Hall–Kier alpha value is -1.89. The van der Waals surface area contributed by atoms with Gasteiger partial charge in [0.15, 0.2) is 5.96 Å². The van der Waals surface area contributed by atoms with Crippen LogP contribution in [-0.2, 0) is 0 Å². The van der Waals surface area contributed by atoms with Crippen molar-refractivity contribution < 1.29 is 0 Å². The standard InChI is InChI=1S/C17H31N7/c1-4-10-22(5-2)11-9-21-16(18-3)23-12-14-24(15-13-23)17-19-7-6-8-20-17/h6-8H,4-5,9-15H2,1-3H3,(H,18,21). The first-order valence-corrected chi connectivity index (χ1v) is 8.98. The number of hydrogen-bond donors (Lipinski definition) is 1. The zero-order valence-corrected chi connectivity index (χ0v) is 15.3. The normalized spacial score (nSPS) is 15.9. The molecule has 0 spiro atoms. The van der Waals surface area contributed by atoms with Crippen molar-refractivity contribution in [1.29, 1.82) is 0 Å². The van der Waals surface area contributed by atoms with Gasteiger partial charge in [0.05, 0.1) is 0 Å². The molecule has 7 heteroatoms. The Balaban J connectivity index is 1.77. The predicted octanol–water partition coefficient (Wildman–Crippen LogP) is 0.906. The number of nitrogens with one attached hydrogen (secondary N) is 1. The van der Waals surface area contributed by atoms with Crippen molar-refractivity contribution in [3.8, 4) is 0 Å². The molecular weight excluding hydrogens is 302 g/mol. The lowest BCUT2D eigenvalue weighted by atomic mass is 10.3. The van der Waals surface area contributed by atoms with Crippen LogP contribution < -0.4 is 10.2 Å². The summed E-state index contributed by atoms with van der Waals surface area (Å²) in [4.78, 5) is 20.1. The molecule has 0 saturated carbocycles. The van der Waals surface area contributed by atoms with Gasteiger partial charge in [0.1, 0.15) is 0 Å². The zero-order valence-electron chi connectivity index (χ0n) is 15.3. The Bertz CT molecular complexity index is 483. The fraction of sp³-hybridized carbons (Fsp3) is 0.706. The molecule has 1 aromatic rings. The van der Waals surface area contributed by atoms with Crippen molar-refractivity contribution in [1.82, 2.24) is 25.1 Å². The molecule has 7 nitrogen and oxygen atoms in total. The van der Waals surface area contributed by atoms with Crippen LogP contribution in [0.4, 0.5) is 5.95 Å². The van der Waals surface area contributed by atoms with Crippen molar-refractivity contribution in [3.63, 3.8) is 0 Å². The van der Waals surface area contributed by atoms with Gasteiger partial charge in [-0.15, -0.1) is 0 Å². The third-order valence-electron chi connectivity index (χ3n) is 4.32. The minimum atomic E-state index is 0.818. The Kier molecular flexibility index (Phi) is 7.74. The van der Waals surface area contributed by atoms with E-state index < -0.39 is 0 Å². The van der Waals surface area contributed by atoms with Crippen LogP contribution in [0.3, 0.4) is 0 Å². The van der Waals surface area contributed by atoms with Crippen LogP contribution in [0.1, 0.15) is 20.3 Å². The number of nitrogens with zero attached hydrogens (tertiary/aromatic N) is 6. The van der Waals surface area contributed by atoms with Gasteiger partial charge in [-0.05, 0) is 25.6 Å². The van der Waals surface area contributed by atoms with E-state index in [0.717, 1.165) is 64.3 Å². The first-order valence-electron chi connectivity index (χ1n) is 8.98. The maximum absolute atomic E-state index is 4.44. The van der Waals surface area contributed by atoms with E-state index in [4.69, 9.17) is 0 Å². The van der Waals surface area contributed by atoms with Gasteiger partial charge >= 0.3 is 0 Å². The number of rotatable bonds is 7. The Morgan fingerprint density at radius 1 is 1.17 bits per heavy atom. The molecule has 0 aromatic carbocycles. The molecule has 0 unspecified atom stereocenters. The molecule has 24 heavy (non-hydrogen) atoms. The number of piperazine rings is 1. The van der Waals surface area contributed by atoms with E-state index in [0.29, 0.717) is 0 Å². The van der Waals surface area contributed by atoms with Crippen molar-refractivity contribution in [2.45, 2.75) is 20.3 Å². The van der Waals surface area contributed by atoms with Crippen LogP contribution in [0.25, 0.3) is 0 Å². The summed E-state index contributed by atoms with van der Waals surface area (Å²) in [7, 11) is 1.86. The van der Waals surface area contributed by atoms with Gasteiger partial charge in [0.25, 0.3) is 0 Å². The SMILES string of the molecule is CCCN(CC)CCNC(=NC)N1CCN(c2ncccn2)CC1. The number of likely N-dealkylation sites (N-methyl/N-ethyl adjacent to an activating group) is 1. The summed E-state index contributed by atoms with van der Waals surface area (Å²) in [5.41, 5.74) is 0. The third-order valence-corrected chi connectivity index (χ3v) is 4.32. The van der Waals surface area contributed by atoms with Crippen molar-refractivity contribution >= 4 is 11.9 Å². The van der Waals surface area contributed by atoms with E-state index in [-0.39, 0.29) is 0 Å². The molecule has 2 rings (SSSR count). The summed E-state index contributed by atoms with van der Waals surface area (Å²) in [6.07, 6.45) is 4.79. The third kappa shape index (κ3) is 5.33. The summed E-state index contributed by atoms with van der Waals surface area (Å²) in [6.45, 7) is 12.4. The number of guanidine groups is 1. The van der Waals surface area contributed by atoms with Gasteiger partial charge in [-0.2, -0.15) is 0 Å². The second-order valence-electron chi connectivity index (χ2n) is 5.93. The molecule has 1 saturated heterocycles. The summed E-state index contributed by atoms with van der Waals surface area (Å²) in [5.74, 6) is 1.81. The van der Waals surface area contributed by atoms with Gasteiger partial charge in [-0.25, -0.2) is 9.97 Å². The molecule has 1 N–H and O–H groups in total. The van der Waals surface area contributed by atoms with Crippen LogP contribution >= 0.6 is 0 Å². The van der Waals surface area contributed by atoms with E-state index >= 15 is 0 Å². The van der Waals surface area contributed by atoms with E-state index in [2.05, 4.69) is 48.8 Å². The second kappa shape index (κ2) is 10.1.